The quantitative estimate of drug-likeness (QED) is 0.774. The number of nitrogens with zero attached hydrogens (tertiary/aromatic N) is 1. The normalized spacial score (nSPS) is 21.6. The predicted molar refractivity (Wildman–Crippen MR) is 62.0 cm³/mol. The number of piperidine rings is 1. The van der Waals surface area contributed by atoms with Crippen molar-refractivity contribution in [1.29, 1.82) is 0 Å². The summed E-state index contributed by atoms with van der Waals surface area (Å²) in [5.74, 6) is 0. The van der Waals surface area contributed by atoms with Crippen LogP contribution < -0.4 is 0 Å². The highest BCUT2D eigenvalue weighted by atomic mass is 16.5. The van der Waals surface area contributed by atoms with Gasteiger partial charge in [0.15, 0.2) is 0 Å². The van der Waals surface area contributed by atoms with Crippen molar-refractivity contribution < 1.29 is 9.84 Å². The minimum absolute atomic E-state index is 0.0388. The molecule has 1 fully saturated rings. The molecule has 3 nitrogen and oxygen atoms in total. The molecule has 0 saturated carbocycles. The molecule has 1 aliphatic heterocycles. The van der Waals surface area contributed by atoms with Crippen molar-refractivity contribution in [3.63, 3.8) is 0 Å². The first kappa shape index (κ1) is 12.9. The summed E-state index contributed by atoms with van der Waals surface area (Å²) in [4.78, 5) is 2.40. The molecular weight excluding hydrogens is 190 g/mol. The van der Waals surface area contributed by atoms with Crippen molar-refractivity contribution in [3.8, 4) is 0 Å². The highest BCUT2D eigenvalue weighted by Gasteiger charge is 2.21. The molecule has 1 unspecified atom stereocenters. The van der Waals surface area contributed by atoms with Crippen molar-refractivity contribution >= 4 is 0 Å². The van der Waals surface area contributed by atoms with Crippen LogP contribution in [0.3, 0.4) is 0 Å². The Morgan fingerprint density at radius 2 is 1.80 bits per heavy atom. The van der Waals surface area contributed by atoms with Crippen molar-refractivity contribution in [3.05, 3.63) is 0 Å². The van der Waals surface area contributed by atoms with Crippen molar-refractivity contribution in [2.75, 3.05) is 26.2 Å². The molecule has 0 aliphatic carbocycles. The van der Waals surface area contributed by atoms with Gasteiger partial charge in [-0.25, -0.2) is 0 Å². The molecule has 1 saturated heterocycles. The molecule has 0 spiro atoms. The van der Waals surface area contributed by atoms with E-state index in [9.17, 15) is 5.11 Å². The second-order valence-electron chi connectivity index (χ2n) is 5.40. The van der Waals surface area contributed by atoms with E-state index in [1.54, 1.807) is 0 Å². The predicted octanol–water partition coefficient (Wildman–Crippen LogP) is 1.65. The average molecular weight is 215 g/mol. The third-order valence-electron chi connectivity index (χ3n) is 2.63. The third-order valence-corrected chi connectivity index (χ3v) is 2.63. The van der Waals surface area contributed by atoms with Crippen molar-refractivity contribution in [2.45, 2.75) is 51.7 Å². The summed E-state index contributed by atoms with van der Waals surface area (Å²) in [6.07, 6.45) is 3.88. The maximum atomic E-state index is 9.27. The molecule has 0 radical (unpaired) electrons. The molecule has 0 aromatic heterocycles. The van der Waals surface area contributed by atoms with E-state index in [1.807, 2.05) is 20.8 Å². The molecule has 90 valence electrons. The molecule has 0 amide bonds. The van der Waals surface area contributed by atoms with Crippen LogP contribution in [0.5, 0.6) is 0 Å². The van der Waals surface area contributed by atoms with E-state index in [1.165, 1.54) is 19.3 Å². The molecule has 1 rings (SSSR count). The molecule has 1 aliphatic rings. The maximum Gasteiger partial charge on any atom is 0.0939 e. The molecule has 1 N–H and O–H groups in total. The topological polar surface area (TPSA) is 32.7 Å². The summed E-state index contributed by atoms with van der Waals surface area (Å²) in [7, 11) is 0. The Hall–Kier alpha value is -0.120. The van der Waals surface area contributed by atoms with E-state index in [-0.39, 0.29) is 18.3 Å². The lowest BCUT2D eigenvalue weighted by Gasteiger charge is -2.33. The largest absolute Gasteiger partial charge is 0.394 e. The number of ether oxygens (including phenoxy) is 1. The van der Waals surface area contributed by atoms with Gasteiger partial charge >= 0.3 is 0 Å². The minimum Gasteiger partial charge on any atom is -0.394 e. The van der Waals surface area contributed by atoms with Crippen LogP contribution in [-0.4, -0.2) is 48.0 Å². The van der Waals surface area contributed by atoms with Crippen molar-refractivity contribution in [1.82, 2.24) is 4.90 Å². The summed E-state index contributed by atoms with van der Waals surface area (Å²) in [6.45, 7) is 9.40. The van der Waals surface area contributed by atoms with E-state index in [4.69, 9.17) is 4.74 Å². The lowest BCUT2D eigenvalue weighted by atomic mass is 10.1. The van der Waals surface area contributed by atoms with Gasteiger partial charge in [-0.05, 0) is 46.7 Å². The second kappa shape index (κ2) is 5.83. The molecular formula is C12H25NO2. The minimum atomic E-state index is -0.164. The van der Waals surface area contributed by atoms with Crippen molar-refractivity contribution in [2.24, 2.45) is 0 Å². The number of rotatable bonds is 4. The van der Waals surface area contributed by atoms with E-state index in [0.717, 1.165) is 19.6 Å². The highest BCUT2D eigenvalue weighted by Crippen LogP contribution is 2.14. The maximum absolute atomic E-state index is 9.27. The van der Waals surface area contributed by atoms with Crippen LogP contribution in [0.25, 0.3) is 0 Å². The Bertz CT molecular complexity index is 171. The third kappa shape index (κ3) is 5.50. The fourth-order valence-electron chi connectivity index (χ4n) is 2.06. The molecule has 1 heterocycles. The van der Waals surface area contributed by atoms with Gasteiger partial charge < -0.3 is 14.7 Å². The Labute approximate surface area is 93.4 Å². The number of aliphatic hydroxyl groups excluding tert-OH is 1. The molecule has 0 aromatic carbocycles. The number of hydrogen-bond acceptors (Lipinski definition) is 3. The lowest BCUT2D eigenvalue weighted by Crippen LogP contribution is -2.42. The first-order chi connectivity index (χ1) is 7.01. The first-order valence-electron chi connectivity index (χ1n) is 6.02. The molecule has 1 atom stereocenters. The smallest absolute Gasteiger partial charge is 0.0939 e. The van der Waals surface area contributed by atoms with Gasteiger partial charge in [0.25, 0.3) is 0 Å². The van der Waals surface area contributed by atoms with Gasteiger partial charge in [-0.3, -0.25) is 0 Å². The van der Waals surface area contributed by atoms with Gasteiger partial charge in [-0.1, -0.05) is 6.42 Å². The standard InChI is InChI=1S/C12H25NO2/c1-12(2,3)15-11(10-14)9-13-7-5-4-6-8-13/h11,14H,4-10H2,1-3H3. The van der Waals surface area contributed by atoms with Crippen LogP contribution in [0.2, 0.25) is 0 Å². The summed E-state index contributed by atoms with van der Waals surface area (Å²) < 4.78 is 5.80. The van der Waals surface area contributed by atoms with Gasteiger partial charge in [-0.2, -0.15) is 0 Å². The van der Waals surface area contributed by atoms with Crippen LogP contribution in [0, 0.1) is 0 Å². The zero-order valence-corrected chi connectivity index (χ0v) is 10.3. The summed E-state index contributed by atoms with van der Waals surface area (Å²) in [6, 6.07) is 0. The van der Waals surface area contributed by atoms with E-state index >= 15 is 0 Å². The van der Waals surface area contributed by atoms with E-state index in [2.05, 4.69) is 4.90 Å². The van der Waals surface area contributed by atoms with E-state index in [0.29, 0.717) is 0 Å². The van der Waals surface area contributed by atoms with E-state index < -0.39 is 0 Å². The van der Waals surface area contributed by atoms with Crippen LogP contribution in [0.1, 0.15) is 40.0 Å². The van der Waals surface area contributed by atoms with Gasteiger partial charge in [-0.15, -0.1) is 0 Å². The Morgan fingerprint density at radius 3 is 2.27 bits per heavy atom. The monoisotopic (exact) mass is 215 g/mol. The SMILES string of the molecule is CC(C)(C)OC(CO)CN1CCCCC1. The number of hydrogen-bond donors (Lipinski definition) is 1. The lowest BCUT2D eigenvalue weighted by molar-refractivity contribution is -0.0917. The van der Waals surface area contributed by atoms with Crippen LogP contribution in [0.4, 0.5) is 0 Å². The van der Waals surface area contributed by atoms with Gasteiger partial charge in [0.05, 0.1) is 18.3 Å². The summed E-state index contributed by atoms with van der Waals surface area (Å²) >= 11 is 0. The van der Waals surface area contributed by atoms with Gasteiger partial charge in [0.1, 0.15) is 0 Å². The fraction of sp³-hybridized carbons (Fsp3) is 1.00. The Morgan fingerprint density at radius 1 is 1.20 bits per heavy atom. The highest BCUT2D eigenvalue weighted by molar-refractivity contribution is 4.72. The zero-order valence-electron chi connectivity index (χ0n) is 10.3. The molecule has 0 aromatic rings. The Balaban J connectivity index is 2.31. The second-order valence-corrected chi connectivity index (χ2v) is 5.40. The summed E-state index contributed by atoms with van der Waals surface area (Å²) in [5.41, 5.74) is -0.164. The number of aliphatic hydroxyl groups is 1. The van der Waals surface area contributed by atoms with Crippen LogP contribution in [-0.2, 0) is 4.74 Å². The molecule has 3 heteroatoms. The van der Waals surface area contributed by atoms with Crippen LogP contribution >= 0.6 is 0 Å². The average Bonchev–Trinajstić information content (AvgIpc) is 2.16. The Kier molecular flexibility index (Phi) is 5.03. The van der Waals surface area contributed by atoms with Crippen LogP contribution in [0.15, 0.2) is 0 Å². The molecule has 15 heavy (non-hydrogen) atoms. The molecule has 0 bridgehead atoms. The first-order valence-corrected chi connectivity index (χ1v) is 6.02. The number of likely N-dealkylation sites (tertiary alicyclic amines) is 1. The van der Waals surface area contributed by atoms with Gasteiger partial charge in [0.2, 0.25) is 0 Å². The van der Waals surface area contributed by atoms with Gasteiger partial charge in [0, 0.05) is 6.54 Å². The zero-order chi connectivity index (χ0) is 11.3. The summed E-state index contributed by atoms with van der Waals surface area (Å²) in [5, 5.41) is 9.27. The fourth-order valence-corrected chi connectivity index (χ4v) is 2.06.